The highest BCUT2D eigenvalue weighted by atomic mass is 16.3. The Bertz CT molecular complexity index is 742. The highest BCUT2D eigenvalue weighted by Gasteiger charge is 2.06. The Morgan fingerprint density at radius 2 is 1.68 bits per heavy atom. The highest BCUT2D eigenvalue weighted by molar-refractivity contribution is 5.80. The van der Waals surface area contributed by atoms with Gasteiger partial charge in [0, 0.05) is 11.8 Å². The van der Waals surface area contributed by atoms with Crippen LogP contribution in [-0.2, 0) is 0 Å². The second-order valence-electron chi connectivity index (χ2n) is 4.12. The number of nitrogens with two attached hydrogens (primary N) is 1. The van der Waals surface area contributed by atoms with Crippen LogP contribution in [0.15, 0.2) is 48.5 Å². The second kappa shape index (κ2) is 4.45. The van der Waals surface area contributed by atoms with Crippen molar-refractivity contribution in [3.63, 3.8) is 0 Å². The van der Waals surface area contributed by atoms with E-state index in [9.17, 15) is 5.11 Å². The second-order valence-corrected chi connectivity index (χ2v) is 4.12. The van der Waals surface area contributed by atoms with Gasteiger partial charge >= 0.3 is 0 Å². The Labute approximate surface area is 109 Å². The number of rotatable bonds is 2. The zero-order chi connectivity index (χ0) is 13.2. The van der Waals surface area contributed by atoms with Gasteiger partial charge in [-0.3, -0.25) is 0 Å². The van der Waals surface area contributed by atoms with Gasteiger partial charge in [-0.25, -0.2) is 9.97 Å². The van der Waals surface area contributed by atoms with E-state index in [-0.39, 0.29) is 5.75 Å². The minimum Gasteiger partial charge on any atom is -0.508 e. The zero-order valence-corrected chi connectivity index (χ0v) is 10.0. The summed E-state index contributed by atoms with van der Waals surface area (Å²) in [6.07, 6.45) is 0. The standard InChI is InChI=1S/C14H12N4O/c15-13-14(16-9-4-3-5-10(19)8-9)18-12-7-2-1-6-11(12)17-13/h1-8,19H,(H2,15,17)(H,16,18). The molecular weight excluding hydrogens is 240 g/mol. The Hall–Kier alpha value is -2.82. The molecule has 0 atom stereocenters. The van der Waals surface area contributed by atoms with E-state index in [1.807, 2.05) is 30.3 Å². The van der Waals surface area contributed by atoms with Gasteiger partial charge in [0.15, 0.2) is 11.6 Å². The molecule has 94 valence electrons. The third-order valence-electron chi connectivity index (χ3n) is 2.71. The van der Waals surface area contributed by atoms with Gasteiger partial charge in [-0.05, 0) is 24.3 Å². The van der Waals surface area contributed by atoms with E-state index < -0.39 is 0 Å². The summed E-state index contributed by atoms with van der Waals surface area (Å²) >= 11 is 0. The summed E-state index contributed by atoms with van der Waals surface area (Å²) < 4.78 is 0. The largest absolute Gasteiger partial charge is 0.508 e. The van der Waals surface area contributed by atoms with Crippen LogP contribution in [0.25, 0.3) is 11.0 Å². The molecule has 3 aromatic rings. The first-order chi connectivity index (χ1) is 9.22. The van der Waals surface area contributed by atoms with E-state index in [1.165, 1.54) is 0 Å². The number of phenolic OH excluding ortho intramolecular Hbond substituents is 1. The van der Waals surface area contributed by atoms with Crippen LogP contribution >= 0.6 is 0 Å². The van der Waals surface area contributed by atoms with Crippen molar-refractivity contribution in [3.8, 4) is 5.75 Å². The van der Waals surface area contributed by atoms with Gasteiger partial charge in [0.2, 0.25) is 0 Å². The van der Waals surface area contributed by atoms with Crippen molar-refractivity contribution < 1.29 is 5.11 Å². The number of phenols is 1. The van der Waals surface area contributed by atoms with E-state index in [1.54, 1.807) is 18.2 Å². The van der Waals surface area contributed by atoms with Gasteiger partial charge in [0.25, 0.3) is 0 Å². The van der Waals surface area contributed by atoms with E-state index in [0.717, 1.165) is 11.0 Å². The van der Waals surface area contributed by atoms with E-state index in [0.29, 0.717) is 17.3 Å². The molecule has 1 heterocycles. The Morgan fingerprint density at radius 3 is 2.42 bits per heavy atom. The summed E-state index contributed by atoms with van der Waals surface area (Å²) in [5.74, 6) is 0.976. The number of aromatic nitrogens is 2. The molecule has 3 rings (SSSR count). The molecule has 0 aliphatic heterocycles. The van der Waals surface area contributed by atoms with Gasteiger partial charge in [0.05, 0.1) is 11.0 Å². The number of aromatic hydroxyl groups is 1. The van der Waals surface area contributed by atoms with Crippen LogP contribution in [0.2, 0.25) is 0 Å². The monoisotopic (exact) mass is 252 g/mol. The first-order valence-electron chi connectivity index (χ1n) is 5.81. The number of benzene rings is 2. The number of anilines is 3. The van der Waals surface area contributed by atoms with Crippen LogP contribution in [0.5, 0.6) is 5.75 Å². The number of fused-ring (bicyclic) bond motifs is 1. The van der Waals surface area contributed by atoms with Gasteiger partial charge < -0.3 is 16.2 Å². The molecular formula is C14H12N4O. The fourth-order valence-corrected chi connectivity index (χ4v) is 1.83. The van der Waals surface area contributed by atoms with Crippen molar-refractivity contribution in [1.29, 1.82) is 0 Å². The van der Waals surface area contributed by atoms with Gasteiger partial charge in [0.1, 0.15) is 5.75 Å². The number of para-hydroxylation sites is 2. The molecule has 2 aromatic carbocycles. The average molecular weight is 252 g/mol. The maximum absolute atomic E-state index is 9.42. The smallest absolute Gasteiger partial charge is 0.174 e. The van der Waals surface area contributed by atoms with Crippen LogP contribution in [0.3, 0.4) is 0 Å². The Balaban J connectivity index is 2.03. The molecule has 0 spiro atoms. The van der Waals surface area contributed by atoms with E-state index in [4.69, 9.17) is 5.73 Å². The predicted octanol–water partition coefficient (Wildman–Crippen LogP) is 2.66. The van der Waals surface area contributed by atoms with Crippen molar-refractivity contribution in [2.45, 2.75) is 0 Å². The molecule has 19 heavy (non-hydrogen) atoms. The van der Waals surface area contributed by atoms with Crippen molar-refractivity contribution in [2.75, 3.05) is 11.1 Å². The summed E-state index contributed by atoms with van der Waals surface area (Å²) in [6, 6.07) is 14.3. The van der Waals surface area contributed by atoms with Crippen LogP contribution in [0, 0.1) is 0 Å². The molecule has 0 saturated carbocycles. The lowest BCUT2D eigenvalue weighted by atomic mass is 10.3. The number of nitrogen functional groups attached to an aromatic ring is 1. The topological polar surface area (TPSA) is 84.1 Å². The maximum atomic E-state index is 9.42. The molecule has 0 bridgehead atoms. The fourth-order valence-electron chi connectivity index (χ4n) is 1.83. The van der Waals surface area contributed by atoms with Crippen LogP contribution in [0.1, 0.15) is 0 Å². The van der Waals surface area contributed by atoms with E-state index >= 15 is 0 Å². The summed E-state index contributed by atoms with van der Waals surface area (Å²) in [5, 5.41) is 12.5. The van der Waals surface area contributed by atoms with Crippen LogP contribution in [-0.4, -0.2) is 15.1 Å². The Kier molecular flexibility index (Phi) is 2.64. The third-order valence-corrected chi connectivity index (χ3v) is 2.71. The first kappa shape index (κ1) is 11.3. The minimum atomic E-state index is 0.178. The Morgan fingerprint density at radius 1 is 0.947 bits per heavy atom. The minimum absolute atomic E-state index is 0.178. The molecule has 0 aliphatic rings. The zero-order valence-electron chi connectivity index (χ0n) is 10.0. The molecule has 5 heteroatoms. The lowest BCUT2D eigenvalue weighted by molar-refractivity contribution is 0.475. The third kappa shape index (κ3) is 2.26. The molecule has 1 aromatic heterocycles. The van der Waals surface area contributed by atoms with Crippen molar-refractivity contribution in [3.05, 3.63) is 48.5 Å². The van der Waals surface area contributed by atoms with Gasteiger partial charge in [-0.2, -0.15) is 0 Å². The number of nitrogens with one attached hydrogen (secondary N) is 1. The summed E-state index contributed by atoms with van der Waals surface area (Å²) in [6.45, 7) is 0. The molecule has 4 N–H and O–H groups in total. The lowest BCUT2D eigenvalue weighted by Crippen LogP contribution is -2.02. The van der Waals surface area contributed by atoms with E-state index in [2.05, 4.69) is 15.3 Å². The lowest BCUT2D eigenvalue weighted by Gasteiger charge is -2.09. The molecule has 5 nitrogen and oxygen atoms in total. The van der Waals surface area contributed by atoms with Gasteiger partial charge in [-0.1, -0.05) is 18.2 Å². The SMILES string of the molecule is Nc1nc2ccccc2nc1Nc1cccc(O)c1. The molecule has 0 fully saturated rings. The molecule has 0 amide bonds. The molecule has 0 radical (unpaired) electrons. The van der Waals surface area contributed by atoms with Gasteiger partial charge in [-0.15, -0.1) is 0 Å². The average Bonchev–Trinajstić information content (AvgIpc) is 2.40. The molecule has 0 unspecified atom stereocenters. The quantitative estimate of drug-likeness (QED) is 0.653. The number of nitrogens with zero attached hydrogens (tertiary/aromatic N) is 2. The first-order valence-corrected chi connectivity index (χ1v) is 5.81. The van der Waals surface area contributed by atoms with Crippen molar-refractivity contribution >= 4 is 28.4 Å². The maximum Gasteiger partial charge on any atom is 0.174 e. The molecule has 0 saturated heterocycles. The highest BCUT2D eigenvalue weighted by Crippen LogP contribution is 2.24. The normalized spacial score (nSPS) is 10.5. The summed E-state index contributed by atoms with van der Waals surface area (Å²) in [7, 11) is 0. The van der Waals surface area contributed by atoms with Crippen molar-refractivity contribution in [1.82, 2.24) is 9.97 Å². The fraction of sp³-hybridized carbons (Fsp3) is 0. The van der Waals surface area contributed by atoms with Crippen LogP contribution in [0.4, 0.5) is 17.3 Å². The number of hydrogen-bond donors (Lipinski definition) is 3. The number of hydrogen-bond acceptors (Lipinski definition) is 5. The predicted molar refractivity (Wildman–Crippen MR) is 75.3 cm³/mol. The van der Waals surface area contributed by atoms with Crippen LogP contribution < -0.4 is 11.1 Å². The molecule has 0 aliphatic carbocycles. The van der Waals surface area contributed by atoms with Crippen molar-refractivity contribution in [2.24, 2.45) is 0 Å². The summed E-state index contributed by atoms with van der Waals surface area (Å²) in [4.78, 5) is 8.70. The summed E-state index contributed by atoms with van der Waals surface area (Å²) in [5.41, 5.74) is 8.09.